The average molecular weight is 249 g/mol. The lowest BCUT2D eigenvalue weighted by Gasteiger charge is -2.04. The first kappa shape index (κ1) is 11.9. The molecule has 0 bridgehead atoms. The van der Waals surface area contributed by atoms with Gasteiger partial charge in [-0.05, 0) is 31.5 Å². The van der Waals surface area contributed by atoms with Crippen LogP contribution in [-0.4, -0.2) is 9.97 Å². The van der Waals surface area contributed by atoms with Gasteiger partial charge >= 0.3 is 0 Å². The fourth-order valence-corrected chi connectivity index (χ4v) is 1.71. The van der Waals surface area contributed by atoms with Gasteiger partial charge in [0.2, 0.25) is 0 Å². The van der Waals surface area contributed by atoms with Crippen molar-refractivity contribution in [3.05, 3.63) is 62.3 Å². The number of nitrogens with zero attached hydrogens (tertiary/aromatic N) is 1. The molecule has 1 aromatic carbocycles. The largest absolute Gasteiger partial charge is 0.310 e. The molecule has 0 radical (unpaired) electrons. The van der Waals surface area contributed by atoms with Crippen molar-refractivity contribution in [2.45, 2.75) is 20.3 Å². The minimum absolute atomic E-state index is 0.0681. The third-order valence-corrected chi connectivity index (χ3v) is 2.98. The van der Waals surface area contributed by atoms with Crippen molar-refractivity contribution in [1.29, 1.82) is 0 Å². The van der Waals surface area contributed by atoms with Gasteiger partial charge in [0.1, 0.15) is 5.82 Å². The standard InChI is InChI=1S/C13H13ClN2O/c1-8-9(2)15-12(16-13(8)17)7-10-3-5-11(14)6-4-10/h3-6H,7H2,1-2H3,(H,15,16,17). The van der Waals surface area contributed by atoms with Crippen LogP contribution in [0.2, 0.25) is 5.02 Å². The molecule has 0 aliphatic rings. The van der Waals surface area contributed by atoms with E-state index < -0.39 is 0 Å². The Balaban J connectivity index is 2.30. The first-order chi connectivity index (χ1) is 8.06. The van der Waals surface area contributed by atoms with Gasteiger partial charge in [-0.2, -0.15) is 0 Å². The van der Waals surface area contributed by atoms with Gasteiger partial charge in [0.25, 0.3) is 5.56 Å². The summed E-state index contributed by atoms with van der Waals surface area (Å²) in [5.74, 6) is 0.681. The molecule has 88 valence electrons. The molecule has 0 aliphatic carbocycles. The van der Waals surface area contributed by atoms with Crippen molar-refractivity contribution in [1.82, 2.24) is 9.97 Å². The van der Waals surface area contributed by atoms with Crippen LogP contribution in [-0.2, 0) is 6.42 Å². The summed E-state index contributed by atoms with van der Waals surface area (Å²) in [6, 6.07) is 7.52. The van der Waals surface area contributed by atoms with Gasteiger partial charge < -0.3 is 4.98 Å². The average Bonchev–Trinajstić information content (AvgIpc) is 2.29. The van der Waals surface area contributed by atoms with E-state index in [1.165, 1.54) is 0 Å². The highest BCUT2D eigenvalue weighted by atomic mass is 35.5. The topological polar surface area (TPSA) is 45.8 Å². The SMILES string of the molecule is Cc1nc(Cc2ccc(Cl)cc2)[nH]c(=O)c1C. The van der Waals surface area contributed by atoms with Crippen molar-refractivity contribution < 1.29 is 0 Å². The second-order valence-corrected chi connectivity index (χ2v) is 4.46. The number of halogens is 1. The van der Waals surface area contributed by atoms with Crippen molar-refractivity contribution in [2.75, 3.05) is 0 Å². The number of aryl methyl sites for hydroxylation is 1. The maximum Gasteiger partial charge on any atom is 0.254 e. The zero-order valence-electron chi connectivity index (χ0n) is 9.75. The van der Waals surface area contributed by atoms with Gasteiger partial charge in [-0.15, -0.1) is 0 Å². The van der Waals surface area contributed by atoms with E-state index in [1.54, 1.807) is 6.92 Å². The third kappa shape index (κ3) is 2.74. The van der Waals surface area contributed by atoms with E-state index in [0.717, 1.165) is 11.3 Å². The molecule has 3 nitrogen and oxygen atoms in total. The molecule has 0 unspecified atom stereocenters. The van der Waals surface area contributed by atoms with Crippen LogP contribution in [0, 0.1) is 13.8 Å². The van der Waals surface area contributed by atoms with Gasteiger partial charge in [0.05, 0.1) is 0 Å². The minimum atomic E-state index is -0.0681. The monoisotopic (exact) mass is 248 g/mol. The summed E-state index contributed by atoms with van der Waals surface area (Å²) in [5.41, 5.74) is 2.45. The lowest BCUT2D eigenvalue weighted by atomic mass is 10.1. The van der Waals surface area contributed by atoms with E-state index in [4.69, 9.17) is 11.6 Å². The van der Waals surface area contributed by atoms with E-state index in [9.17, 15) is 4.79 Å². The highest BCUT2D eigenvalue weighted by Gasteiger charge is 2.04. The zero-order valence-corrected chi connectivity index (χ0v) is 10.5. The van der Waals surface area contributed by atoms with Crippen LogP contribution < -0.4 is 5.56 Å². The van der Waals surface area contributed by atoms with E-state index in [2.05, 4.69) is 9.97 Å². The summed E-state index contributed by atoms with van der Waals surface area (Å²) in [4.78, 5) is 18.7. The second-order valence-electron chi connectivity index (χ2n) is 4.03. The normalized spacial score (nSPS) is 10.5. The summed E-state index contributed by atoms with van der Waals surface area (Å²) in [6.45, 7) is 3.61. The van der Waals surface area contributed by atoms with Crippen LogP contribution in [0.1, 0.15) is 22.6 Å². The molecule has 0 saturated carbocycles. The van der Waals surface area contributed by atoms with Crippen molar-refractivity contribution in [3.8, 4) is 0 Å². The molecule has 1 heterocycles. The number of hydrogen-bond donors (Lipinski definition) is 1. The summed E-state index contributed by atoms with van der Waals surface area (Å²) >= 11 is 5.81. The summed E-state index contributed by atoms with van der Waals surface area (Å²) < 4.78 is 0. The van der Waals surface area contributed by atoms with Gasteiger partial charge in [-0.1, -0.05) is 23.7 Å². The predicted molar refractivity (Wildman–Crippen MR) is 68.6 cm³/mol. The lowest BCUT2D eigenvalue weighted by Crippen LogP contribution is -2.16. The van der Waals surface area contributed by atoms with Crippen molar-refractivity contribution in [2.24, 2.45) is 0 Å². The van der Waals surface area contributed by atoms with Crippen molar-refractivity contribution >= 4 is 11.6 Å². The number of H-pyrrole nitrogens is 1. The molecule has 1 aromatic heterocycles. The Morgan fingerprint density at radius 2 is 1.88 bits per heavy atom. The fraction of sp³-hybridized carbons (Fsp3) is 0.231. The molecule has 0 atom stereocenters. The van der Waals surface area contributed by atoms with Crippen LogP contribution in [0.5, 0.6) is 0 Å². The Labute approximate surface area is 104 Å². The number of benzene rings is 1. The summed E-state index contributed by atoms with van der Waals surface area (Å²) in [7, 11) is 0. The number of nitrogens with one attached hydrogen (secondary N) is 1. The number of aromatic nitrogens is 2. The van der Waals surface area contributed by atoms with Gasteiger partial charge in [0, 0.05) is 22.7 Å². The highest BCUT2D eigenvalue weighted by molar-refractivity contribution is 6.30. The van der Waals surface area contributed by atoms with Gasteiger partial charge in [0.15, 0.2) is 0 Å². The molecule has 0 saturated heterocycles. The van der Waals surface area contributed by atoms with Crippen LogP contribution in [0.15, 0.2) is 29.1 Å². The van der Waals surface area contributed by atoms with Gasteiger partial charge in [-0.25, -0.2) is 4.98 Å². The van der Waals surface area contributed by atoms with Crippen LogP contribution in [0.25, 0.3) is 0 Å². The predicted octanol–water partition coefficient (Wildman–Crippen LogP) is 2.63. The Kier molecular flexibility index (Phi) is 3.29. The molecule has 0 spiro atoms. The smallest absolute Gasteiger partial charge is 0.254 e. The molecular weight excluding hydrogens is 236 g/mol. The Hall–Kier alpha value is -1.61. The zero-order chi connectivity index (χ0) is 12.4. The first-order valence-corrected chi connectivity index (χ1v) is 5.75. The minimum Gasteiger partial charge on any atom is -0.310 e. The quantitative estimate of drug-likeness (QED) is 0.888. The molecule has 0 aliphatic heterocycles. The van der Waals surface area contributed by atoms with E-state index in [0.29, 0.717) is 22.8 Å². The molecule has 1 N–H and O–H groups in total. The summed E-state index contributed by atoms with van der Waals surface area (Å²) in [6.07, 6.45) is 0.605. The van der Waals surface area contributed by atoms with E-state index >= 15 is 0 Å². The molecule has 17 heavy (non-hydrogen) atoms. The maximum absolute atomic E-state index is 11.6. The van der Waals surface area contributed by atoms with Crippen molar-refractivity contribution in [3.63, 3.8) is 0 Å². The lowest BCUT2D eigenvalue weighted by molar-refractivity contribution is 0.902. The van der Waals surface area contributed by atoms with Crippen LogP contribution in [0.3, 0.4) is 0 Å². The van der Waals surface area contributed by atoms with Crippen LogP contribution >= 0.6 is 11.6 Å². The molecule has 0 fully saturated rings. The number of aromatic amines is 1. The molecule has 2 rings (SSSR count). The second kappa shape index (κ2) is 4.72. The number of rotatable bonds is 2. The molecular formula is C13H13ClN2O. The van der Waals surface area contributed by atoms with Gasteiger partial charge in [-0.3, -0.25) is 4.79 Å². The number of hydrogen-bond acceptors (Lipinski definition) is 2. The Morgan fingerprint density at radius 3 is 2.47 bits per heavy atom. The maximum atomic E-state index is 11.6. The molecule has 0 amide bonds. The Morgan fingerprint density at radius 1 is 1.24 bits per heavy atom. The first-order valence-electron chi connectivity index (χ1n) is 5.37. The van der Waals surface area contributed by atoms with E-state index in [1.807, 2.05) is 31.2 Å². The summed E-state index contributed by atoms with van der Waals surface area (Å²) in [5, 5.41) is 0.704. The Bertz CT molecular complexity index is 587. The molecule has 4 heteroatoms. The fourth-order valence-electron chi connectivity index (χ4n) is 1.58. The molecule has 2 aromatic rings. The highest BCUT2D eigenvalue weighted by Crippen LogP contribution is 2.11. The third-order valence-electron chi connectivity index (χ3n) is 2.73. The van der Waals surface area contributed by atoms with Crippen LogP contribution in [0.4, 0.5) is 0 Å². The van der Waals surface area contributed by atoms with E-state index in [-0.39, 0.29) is 5.56 Å².